The van der Waals surface area contributed by atoms with Crippen LogP contribution in [0.5, 0.6) is 0 Å². The van der Waals surface area contributed by atoms with Crippen molar-refractivity contribution < 1.29 is 23.5 Å². The largest absolute Gasteiger partial charge is 0.489 e. The minimum Gasteiger partial charge on any atom is -0.489 e. The molecule has 0 saturated carbocycles. The van der Waals surface area contributed by atoms with Gasteiger partial charge in [-0.15, -0.1) is 0 Å². The summed E-state index contributed by atoms with van der Waals surface area (Å²) in [5.74, 6) is -0.418. The number of hydrogen-bond acceptors (Lipinski definition) is 5. The number of carbonyl (C=O) groups excluding carboxylic acids is 3. The lowest BCUT2D eigenvalue weighted by Gasteiger charge is -2.36. The van der Waals surface area contributed by atoms with Crippen LogP contribution in [0.3, 0.4) is 0 Å². The van der Waals surface area contributed by atoms with Crippen LogP contribution in [-0.2, 0) is 25.7 Å². The topological polar surface area (TPSA) is 91.0 Å². The second kappa shape index (κ2) is 10.1. The Morgan fingerprint density at radius 1 is 1.21 bits per heavy atom. The maximum absolute atomic E-state index is 13.8. The van der Waals surface area contributed by atoms with E-state index in [0.717, 1.165) is 5.56 Å². The Bertz CT molecular complexity index is 957. The number of nitrogens with zero attached hydrogens (tertiary/aromatic N) is 2. The number of hydrogen-bond donors (Lipinski definition) is 2. The quantitative estimate of drug-likeness (QED) is 0.632. The molecule has 0 radical (unpaired) electrons. The Kier molecular flexibility index (Phi) is 7.65. The number of amides is 3. The highest BCUT2D eigenvalue weighted by Gasteiger charge is 2.50. The molecule has 2 heterocycles. The van der Waals surface area contributed by atoms with E-state index in [1.807, 2.05) is 20.8 Å². The van der Waals surface area contributed by atoms with Crippen molar-refractivity contribution in [3.05, 3.63) is 47.6 Å². The zero-order valence-corrected chi connectivity index (χ0v) is 20.7. The summed E-state index contributed by atoms with van der Waals surface area (Å²) in [7, 11) is 1.69. The first-order chi connectivity index (χ1) is 15.9. The summed E-state index contributed by atoms with van der Waals surface area (Å²) >= 11 is 0. The number of fused-ring (bicyclic) bond motifs is 1. The summed E-state index contributed by atoms with van der Waals surface area (Å²) in [5, 5.41) is 5.80. The first-order valence-corrected chi connectivity index (χ1v) is 11.6. The van der Waals surface area contributed by atoms with E-state index in [4.69, 9.17) is 4.74 Å². The fourth-order valence-electron chi connectivity index (χ4n) is 4.37. The van der Waals surface area contributed by atoms with Crippen molar-refractivity contribution in [2.75, 3.05) is 13.6 Å². The molecule has 34 heavy (non-hydrogen) atoms. The van der Waals surface area contributed by atoms with E-state index >= 15 is 0 Å². The summed E-state index contributed by atoms with van der Waals surface area (Å²) < 4.78 is 19.3. The van der Waals surface area contributed by atoms with Crippen molar-refractivity contribution in [3.63, 3.8) is 0 Å². The van der Waals surface area contributed by atoms with Crippen molar-refractivity contribution in [1.29, 1.82) is 0 Å². The van der Waals surface area contributed by atoms with Gasteiger partial charge in [-0.05, 0) is 43.5 Å². The third-order valence-electron chi connectivity index (χ3n) is 6.47. The summed E-state index contributed by atoms with van der Waals surface area (Å²) in [4.78, 5) is 42.0. The molecule has 0 aliphatic carbocycles. The molecule has 186 valence electrons. The third kappa shape index (κ3) is 5.41. The standard InChI is InChI=1S/C25H35FN4O4/c1-15(27-6)23(32)28-22(25(3,4)5)24(33)29-12-11-19-21(29)20(13-30(19)16(2)31)34-14-17-7-9-18(26)10-8-17/h7-10,13,15,19,21-22,27H,11-12,14H2,1-6H3,(H,28,32). The van der Waals surface area contributed by atoms with Gasteiger partial charge in [0, 0.05) is 19.7 Å². The van der Waals surface area contributed by atoms with Crippen LogP contribution in [0.15, 0.2) is 36.2 Å². The van der Waals surface area contributed by atoms with E-state index < -0.39 is 23.5 Å². The van der Waals surface area contributed by atoms with E-state index in [2.05, 4.69) is 10.6 Å². The molecular weight excluding hydrogens is 439 g/mol. The predicted octanol–water partition coefficient (Wildman–Crippen LogP) is 2.15. The smallest absolute Gasteiger partial charge is 0.246 e. The van der Waals surface area contributed by atoms with Crippen LogP contribution >= 0.6 is 0 Å². The Hall–Kier alpha value is -2.94. The highest BCUT2D eigenvalue weighted by molar-refractivity contribution is 5.91. The first kappa shape index (κ1) is 25.7. The van der Waals surface area contributed by atoms with Gasteiger partial charge in [-0.25, -0.2) is 4.39 Å². The predicted molar refractivity (Wildman–Crippen MR) is 126 cm³/mol. The Morgan fingerprint density at radius 2 is 1.85 bits per heavy atom. The highest BCUT2D eigenvalue weighted by Crippen LogP contribution is 2.37. The lowest BCUT2D eigenvalue weighted by atomic mass is 9.85. The molecule has 1 fully saturated rings. The second-order valence-corrected chi connectivity index (χ2v) is 10.0. The lowest BCUT2D eigenvalue weighted by molar-refractivity contribution is -0.141. The van der Waals surface area contributed by atoms with E-state index in [1.165, 1.54) is 19.1 Å². The molecule has 2 aliphatic heterocycles. The van der Waals surface area contributed by atoms with E-state index in [1.54, 1.807) is 42.1 Å². The molecule has 8 nitrogen and oxygen atoms in total. The van der Waals surface area contributed by atoms with Gasteiger partial charge in [0.1, 0.15) is 30.3 Å². The minimum absolute atomic E-state index is 0.131. The number of rotatable bonds is 7. The fraction of sp³-hybridized carbons (Fsp3) is 0.560. The molecule has 0 aromatic heterocycles. The van der Waals surface area contributed by atoms with Crippen LogP contribution in [0.1, 0.15) is 46.6 Å². The van der Waals surface area contributed by atoms with Crippen LogP contribution in [0.2, 0.25) is 0 Å². The highest BCUT2D eigenvalue weighted by atomic mass is 19.1. The number of ether oxygens (including phenoxy) is 1. The van der Waals surface area contributed by atoms with Crippen molar-refractivity contribution in [2.45, 2.75) is 71.8 Å². The van der Waals surface area contributed by atoms with Crippen LogP contribution in [0, 0.1) is 11.2 Å². The number of likely N-dealkylation sites (tertiary alicyclic amines) is 1. The SMILES string of the molecule is CNC(C)C(=O)NC(C(=O)N1CCC2C1C(OCc1ccc(F)cc1)=CN2C(C)=O)C(C)(C)C. The van der Waals surface area contributed by atoms with Crippen molar-refractivity contribution in [1.82, 2.24) is 20.4 Å². The van der Waals surface area contributed by atoms with Gasteiger partial charge in [0.05, 0.1) is 12.1 Å². The lowest BCUT2D eigenvalue weighted by Crippen LogP contribution is -2.58. The molecule has 1 saturated heterocycles. The maximum atomic E-state index is 13.8. The van der Waals surface area contributed by atoms with Gasteiger partial charge in [-0.1, -0.05) is 32.9 Å². The van der Waals surface area contributed by atoms with Crippen LogP contribution in [-0.4, -0.2) is 65.3 Å². The molecule has 3 rings (SSSR count). The first-order valence-electron chi connectivity index (χ1n) is 11.6. The molecule has 3 amide bonds. The van der Waals surface area contributed by atoms with Crippen LogP contribution in [0.25, 0.3) is 0 Å². The summed E-state index contributed by atoms with van der Waals surface area (Å²) in [5.41, 5.74) is 0.243. The Balaban J connectivity index is 1.84. The number of nitrogens with one attached hydrogen (secondary N) is 2. The average Bonchev–Trinajstić information content (AvgIpc) is 3.36. The van der Waals surface area contributed by atoms with Gasteiger partial charge < -0.3 is 25.2 Å². The molecule has 4 unspecified atom stereocenters. The molecule has 2 aliphatic rings. The monoisotopic (exact) mass is 474 g/mol. The van der Waals surface area contributed by atoms with Gasteiger partial charge in [0.15, 0.2) is 0 Å². The zero-order chi connectivity index (χ0) is 25.2. The van der Waals surface area contributed by atoms with Crippen molar-refractivity contribution >= 4 is 17.7 Å². The molecular formula is C25H35FN4O4. The van der Waals surface area contributed by atoms with Crippen molar-refractivity contribution in [2.24, 2.45) is 5.41 Å². The number of likely N-dealkylation sites (N-methyl/N-ethyl adjacent to an activating group) is 1. The zero-order valence-electron chi connectivity index (χ0n) is 20.7. The normalized spacial score (nSPS) is 21.6. The number of halogens is 1. The fourth-order valence-corrected chi connectivity index (χ4v) is 4.37. The Morgan fingerprint density at radius 3 is 2.41 bits per heavy atom. The van der Waals surface area contributed by atoms with Gasteiger partial charge >= 0.3 is 0 Å². The van der Waals surface area contributed by atoms with E-state index in [0.29, 0.717) is 18.7 Å². The maximum Gasteiger partial charge on any atom is 0.246 e. The molecule has 1 aromatic rings. The van der Waals surface area contributed by atoms with Crippen molar-refractivity contribution in [3.8, 4) is 0 Å². The average molecular weight is 475 g/mol. The Labute approximate surface area is 200 Å². The van der Waals surface area contributed by atoms with Crippen LogP contribution in [0.4, 0.5) is 4.39 Å². The van der Waals surface area contributed by atoms with Gasteiger partial charge in [0.2, 0.25) is 17.7 Å². The van der Waals surface area contributed by atoms with Gasteiger partial charge in [0.25, 0.3) is 0 Å². The molecule has 4 atom stereocenters. The summed E-state index contributed by atoms with van der Waals surface area (Å²) in [6.45, 7) is 9.57. The molecule has 1 aromatic carbocycles. The van der Waals surface area contributed by atoms with E-state index in [9.17, 15) is 18.8 Å². The minimum atomic E-state index is -0.751. The summed E-state index contributed by atoms with van der Waals surface area (Å²) in [6.07, 6.45) is 2.27. The van der Waals surface area contributed by atoms with Gasteiger partial charge in [-0.2, -0.15) is 0 Å². The van der Waals surface area contributed by atoms with Crippen LogP contribution < -0.4 is 10.6 Å². The number of benzene rings is 1. The summed E-state index contributed by atoms with van der Waals surface area (Å²) in [6, 6.07) is 4.13. The molecule has 0 bridgehead atoms. The molecule has 9 heteroatoms. The second-order valence-electron chi connectivity index (χ2n) is 10.0. The third-order valence-corrected chi connectivity index (χ3v) is 6.47. The number of carbonyl (C=O) groups is 3. The molecule has 0 spiro atoms. The molecule has 2 N–H and O–H groups in total. The van der Waals surface area contributed by atoms with Gasteiger partial charge in [-0.3, -0.25) is 14.4 Å². The van der Waals surface area contributed by atoms with E-state index in [-0.39, 0.29) is 36.2 Å².